The molecule has 0 aromatic heterocycles. The van der Waals surface area contributed by atoms with Crippen LogP contribution in [-0.2, 0) is 10.0 Å². The van der Waals surface area contributed by atoms with Gasteiger partial charge in [-0.3, -0.25) is 0 Å². The van der Waals surface area contributed by atoms with E-state index < -0.39 is 10.0 Å². The van der Waals surface area contributed by atoms with Gasteiger partial charge < -0.3 is 5.32 Å². The molecule has 1 heterocycles. The Hall–Kier alpha value is -0.130. The van der Waals surface area contributed by atoms with Gasteiger partial charge in [-0.25, -0.2) is 12.7 Å². The largest absolute Gasteiger partial charge is 0.311 e. The molecule has 4 nitrogen and oxygen atoms in total. The summed E-state index contributed by atoms with van der Waals surface area (Å²) in [5, 5.41) is 3.76. The van der Waals surface area contributed by atoms with Crippen LogP contribution in [0.15, 0.2) is 0 Å². The van der Waals surface area contributed by atoms with Crippen LogP contribution in [0.1, 0.15) is 45.4 Å². The highest BCUT2D eigenvalue weighted by atomic mass is 32.2. The van der Waals surface area contributed by atoms with Gasteiger partial charge >= 0.3 is 0 Å². The maximum atomic E-state index is 11.4. The molecule has 1 saturated heterocycles. The zero-order valence-corrected chi connectivity index (χ0v) is 12.4. The first-order chi connectivity index (χ1) is 8.47. The van der Waals surface area contributed by atoms with Crippen molar-refractivity contribution in [2.24, 2.45) is 5.92 Å². The minimum Gasteiger partial charge on any atom is -0.311 e. The van der Waals surface area contributed by atoms with Crippen molar-refractivity contribution in [3.8, 4) is 0 Å². The van der Waals surface area contributed by atoms with Crippen molar-refractivity contribution in [2.75, 3.05) is 19.3 Å². The van der Waals surface area contributed by atoms with Crippen LogP contribution in [0.4, 0.5) is 0 Å². The van der Waals surface area contributed by atoms with Gasteiger partial charge in [-0.2, -0.15) is 0 Å². The van der Waals surface area contributed by atoms with Crippen molar-refractivity contribution in [3.63, 3.8) is 0 Å². The molecule has 2 atom stereocenters. The monoisotopic (exact) mass is 274 g/mol. The third kappa shape index (κ3) is 3.68. The number of sulfonamides is 1. The van der Waals surface area contributed by atoms with Gasteiger partial charge in [0.2, 0.25) is 10.0 Å². The molecular weight excluding hydrogens is 248 g/mol. The highest BCUT2D eigenvalue weighted by Crippen LogP contribution is 2.25. The smallest absolute Gasteiger partial charge is 0.211 e. The lowest BCUT2D eigenvalue weighted by atomic mass is 9.85. The van der Waals surface area contributed by atoms with E-state index in [2.05, 4.69) is 12.2 Å². The van der Waals surface area contributed by atoms with Gasteiger partial charge in [0.15, 0.2) is 0 Å². The van der Waals surface area contributed by atoms with Crippen LogP contribution in [0, 0.1) is 5.92 Å². The average Bonchev–Trinajstić information content (AvgIpc) is 2.32. The van der Waals surface area contributed by atoms with Crippen LogP contribution in [0.25, 0.3) is 0 Å². The predicted molar refractivity (Wildman–Crippen MR) is 74.0 cm³/mol. The summed E-state index contributed by atoms with van der Waals surface area (Å²) in [6.45, 7) is 3.69. The second-order valence-corrected chi connectivity index (χ2v) is 7.95. The summed E-state index contributed by atoms with van der Waals surface area (Å²) in [6.07, 6.45) is 8.54. The number of piperidine rings is 1. The number of rotatable bonds is 3. The van der Waals surface area contributed by atoms with Crippen molar-refractivity contribution >= 4 is 10.0 Å². The van der Waals surface area contributed by atoms with Crippen molar-refractivity contribution in [1.82, 2.24) is 9.62 Å². The van der Waals surface area contributed by atoms with E-state index in [1.165, 1.54) is 31.9 Å². The molecule has 1 N–H and O–H groups in total. The first-order valence-corrected chi connectivity index (χ1v) is 9.03. The molecule has 1 aliphatic carbocycles. The Morgan fingerprint density at radius 3 is 2.22 bits per heavy atom. The zero-order chi connectivity index (χ0) is 13.2. The maximum absolute atomic E-state index is 11.4. The zero-order valence-electron chi connectivity index (χ0n) is 11.6. The summed E-state index contributed by atoms with van der Waals surface area (Å²) in [7, 11) is -2.99. The molecule has 1 aliphatic heterocycles. The lowest BCUT2D eigenvalue weighted by Gasteiger charge is -2.37. The molecule has 0 amide bonds. The Kier molecular flexibility index (Phi) is 4.67. The molecule has 18 heavy (non-hydrogen) atoms. The molecule has 1 saturated carbocycles. The third-order valence-electron chi connectivity index (χ3n) is 4.48. The minimum atomic E-state index is -2.99. The van der Waals surface area contributed by atoms with Crippen molar-refractivity contribution in [3.05, 3.63) is 0 Å². The SMILES string of the molecule is CC1CCCCC1NC1CCN(S(C)(=O)=O)CC1. The maximum Gasteiger partial charge on any atom is 0.211 e. The lowest BCUT2D eigenvalue weighted by Crippen LogP contribution is -2.49. The van der Waals surface area contributed by atoms with Gasteiger partial charge in [0.05, 0.1) is 6.26 Å². The summed E-state index contributed by atoms with van der Waals surface area (Å²) >= 11 is 0. The molecule has 0 radical (unpaired) electrons. The summed E-state index contributed by atoms with van der Waals surface area (Å²) in [5.74, 6) is 0.770. The van der Waals surface area contributed by atoms with Crippen LogP contribution >= 0.6 is 0 Å². The van der Waals surface area contributed by atoms with Crippen LogP contribution in [-0.4, -0.2) is 44.2 Å². The quantitative estimate of drug-likeness (QED) is 0.850. The number of nitrogens with one attached hydrogen (secondary N) is 1. The first kappa shape index (κ1) is 14.3. The van der Waals surface area contributed by atoms with E-state index >= 15 is 0 Å². The molecule has 2 unspecified atom stereocenters. The molecule has 0 spiro atoms. The lowest BCUT2D eigenvalue weighted by molar-refractivity contribution is 0.217. The standard InChI is InChI=1S/C13H26N2O2S/c1-11-5-3-4-6-13(11)14-12-7-9-15(10-8-12)18(2,16)17/h11-14H,3-10H2,1-2H3. The fourth-order valence-electron chi connectivity index (χ4n) is 3.22. The highest BCUT2D eigenvalue weighted by Gasteiger charge is 2.28. The first-order valence-electron chi connectivity index (χ1n) is 7.18. The third-order valence-corrected chi connectivity index (χ3v) is 5.79. The van der Waals surface area contributed by atoms with E-state index in [-0.39, 0.29) is 0 Å². The minimum absolute atomic E-state index is 0.508. The van der Waals surface area contributed by atoms with Crippen LogP contribution in [0.5, 0.6) is 0 Å². The number of hydrogen-bond acceptors (Lipinski definition) is 3. The van der Waals surface area contributed by atoms with Gasteiger partial charge in [0, 0.05) is 25.2 Å². The Labute approximate surface area is 111 Å². The van der Waals surface area contributed by atoms with E-state index in [4.69, 9.17) is 0 Å². The van der Waals surface area contributed by atoms with E-state index in [1.807, 2.05) is 0 Å². The average molecular weight is 274 g/mol. The fraction of sp³-hybridized carbons (Fsp3) is 1.00. The molecule has 0 aromatic rings. The van der Waals surface area contributed by atoms with E-state index in [0.717, 1.165) is 18.8 Å². The molecule has 2 aliphatic rings. The Balaban J connectivity index is 1.79. The molecule has 106 valence electrons. The molecule has 2 fully saturated rings. The fourth-order valence-corrected chi connectivity index (χ4v) is 4.09. The topological polar surface area (TPSA) is 49.4 Å². The predicted octanol–water partition coefficient (Wildman–Crippen LogP) is 1.58. The molecule has 0 bridgehead atoms. The summed E-state index contributed by atoms with van der Waals surface area (Å²) < 4.78 is 24.5. The van der Waals surface area contributed by atoms with Gasteiger partial charge in [-0.05, 0) is 31.6 Å². The van der Waals surface area contributed by atoms with E-state index in [0.29, 0.717) is 25.2 Å². The van der Waals surface area contributed by atoms with Crippen LogP contribution < -0.4 is 5.32 Å². The second kappa shape index (κ2) is 5.88. The van der Waals surface area contributed by atoms with E-state index in [1.54, 1.807) is 4.31 Å². The molecule has 0 aromatic carbocycles. The van der Waals surface area contributed by atoms with Gasteiger partial charge in [-0.1, -0.05) is 19.8 Å². The summed E-state index contributed by atoms with van der Waals surface area (Å²) in [4.78, 5) is 0. The van der Waals surface area contributed by atoms with Crippen molar-refractivity contribution in [2.45, 2.75) is 57.5 Å². The number of nitrogens with zero attached hydrogens (tertiary/aromatic N) is 1. The summed E-state index contributed by atoms with van der Waals surface area (Å²) in [5.41, 5.74) is 0. The summed E-state index contributed by atoms with van der Waals surface area (Å²) in [6, 6.07) is 1.15. The van der Waals surface area contributed by atoms with Crippen LogP contribution in [0.3, 0.4) is 0 Å². The van der Waals surface area contributed by atoms with Crippen molar-refractivity contribution < 1.29 is 8.42 Å². The molecule has 2 rings (SSSR count). The van der Waals surface area contributed by atoms with Gasteiger partial charge in [0.1, 0.15) is 0 Å². The molecular formula is C13H26N2O2S. The number of hydrogen-bond donors (Lipinski definition) is 1. The van der Waals surface area contributed by atoms with Gasteiger partial charge in [0.25, 0.3) is 0 Å². The highest BCUT2D eigenvalue weighted by molar-refractivity contribution is 7.88. The Morgan fingerprint density at radius 1 is 1.06 bits per heavy atom. The Bertz CT molecular complexity index is 361. The van der Waals surface area contributed by atoms with Crippen LogP contribution in [0.2, 0.25) is 0 Å². The second-order valence-electron chi connectivity index (χ2n) is 5.97. The molecule has 5 heteroatoms. The normalized spacial score (nSPS) is 32.6. The Morgan fingerprint density at radius 2 is 1.67 bits per heavy atom. The van der Waals surface area contributed by atoms with Crippen molar-refractivity contribution in [1.29, 1.82) is 0 Å². The van der Waals surface area contributed by atoms with Gasteiger partial charge in [-0.15, -0.1) is 0 Å². The van der Waals surface area contributed by atoms with E-state index in [9.17, 15) is 8.42 Å².